The number of para-hydroxylation sites is 1. The third-order valence-electron chi connectivity index (χ3n) is 6.31. The van der Waals surface area contributed by atoms with Crippen LogP contribution in [0.25, 0.3) is 6.08 Å². The first-order chi connectivity index (χ1) is 17.4. The maximum atomic E-state index is 13.7. The van der Waals surface area contributed by atoms with E-state index in [1.807, 2.05) is 85.8 Å². The summed E-state index contributed by atoms with van der Waals surface area (Å²) in [5.41, 5.74) is 4.67. The van der Waals surface area contributed by atoms with Gasteiger partial charge in [0.15, 0.2) is 4.80 Å². The zero-order chi connectivity index (χ0) is 25.2. The first kappa shape index (κ1) is 23.7. The number of nitrogens with one attached hydrogen (secondary N) is 1. The van der Waals surface area contributed by atoms with E-state index in [4.69, 9.17) is 4.99 Å². The SMILES string of the molecule is CC1=C(C(=O)Nc2ccccc2)[C@@H](c2ccccc2)n2c(s/c(=C\c3ccc(C(C)C)cc3)c2=O)=N1. The van der Waals surface area contributed by atoms with Crippen LogP contribution in [0, 0.1) is 0 Å². The van der Waals surface area contributed by atoms with E-state index < -0.39 is 6.04 Å². The number of hydrogen-bond acceptors (Lipinski definition) is 4. The highest BCUT2D eigenvalue weighted by Crippen LogP contribution is 2.30. The minimum absolute atomic E-state index is 0.155. The Kier molecular flexibility index (Phi) is 6.53. The van der Waals surface area contributed by atoms with Gasteiger partial charge in [0.05, 0.1) is 21.8 Å². The first-order valence-electron chi connectivity index (χ1n) is 12.0. The number of thiazole rings is 1. The maximum Gasteiger partial charge on any atom is 0.271 e. The quantitative estimate of drug-likeness (QED) is 0.425. The largest absolute Gasteiger partial charge is 0.322 e. The van der Waals surface area contributed by atoms with E-state index in [1.54, 1.807) is 4.57 Å². The van der Waals surface area contributed by atoms with E-state index in [9.17, 15) is 9.59 Å². The smallest absolute Gasteiger partial charge is 0.271 e. The Bertz CT molecular complexity index is 1610. The van der Waals surface area contributed by atoms with Gasteiger partial charge in [-0.2, -0.15) is 0 Å². The number of aromatic nitrogens is 1. The van der Waals surface area contributed by atoms with Crippen molar-refractivity contribution in [1.82, 2.24) is 4.57 Å². The fraction of sp³-hybridized carbons (Fsp3) is 0.167. The Morgan fingerprint density at radius 2 is 1.61 bits per heavy atom. The van der Waals surface area contributed by atoms with Gasteiger partial charge in [-0.05, 0) is 47.7 Å². The molecule has 1 amide bonds. The highest BCUT2D eigenvalue weighted by Gasteiger charge is 2.32. The van der Waals surface area contributed by atoms with Crippen molar-refractivity contribution in [2.75, 3.05) is 5.32 Å². The molecular weight excluding hydrogens is 466 g/mol. The molecule has 6 heteroatoms. The van der Waals surface area contributed by atoms with Gasteiger partial charge in [0.25, 0.3) is 11.5 Å². The van der Waals surface area contributed by atoms with Gasteiger partial charge in [-0.1, -0.05) is 98.0 Å². The zero-order valence-corrected chi connectivity index (χ0v) is 21.3. The Morgan fingerprint density at radius 3 is 2.25 bits per heavy atom. The topological polar surface area (TPSA) is 63.5 Å². The van der Waals surface area contributed by atoms with E-state index in [0.717, 1.165) is 11.1 Å². The van der Waals surface area contributed by atoms with Crippen LogP contribution in [-0.2, 0) is 4.79 Å². The van der Waals surface area contributed by atoms with Gasteiger partial charge in [0.2, 0.25) is 0 Å². The minimum Gasteiger partial charge on any atom is -0.322 e. The van der Waals surface area contributed by atoms with Gasteiger partial charge in [0, 0.05) is 5.69 Å². The van der Waals surface area contributed by atoms with Gasteiger partial charge in [-0.25, -0.2) is 4.99 Å². The molecule has 0 fully saturated rings. The van der Waals surface area contributed by atoms with Crippen LogP contribution in [-0.4, -0.2) is 10.5 Å². The summed E-state index contributed by atoms with van der Waals surface area (Å²) in [5, 5.41) is 2.98. The van der Waals surface area contributed by atoms with Crippen LogP contribution in [0.4, 0.5) is 5.69 Å². The van der Waals surface area contributed by atoms with Crippen molar-refractivity contribution in [3.63, 3.8) is 0 Å². The number of allylic oxidation sites excluding steroid dienone is 1. The number of fused-ring (bicyclic) bond motifs is 1. The molecule has 3 aromatic carbocycles. The predicted octanol–water partition coefficient (Wildman–Crippen LogP) is 5.00. The molecule has 0 saturated carbocycles. The number of carbonyl (C=O) groups excluding carboxylic acids is 1. The van der Waals surface area contributed by atoms with Crippen LogP contribution in [0.5, 0.6) is 0 Å². The fourth-order valence-electron chi connectivity index (χ4n) is 4.41. The Hall–Kier alpha value is -4.03. The number of anilines is 1. The number of benzene rings is 3. The second-order valence-electron chi connectivity index (χ2n) is 9.13. The molecule has 0 radical (unpaired) electrons. The second kappa shape index (κ2) is 9.91. The number of nitrogens with zero attached hydrogens (tertiary/aromatic N) is 2. The van der Waals surface area contributed by atoms with Crippen molar-refractivity contribution in [3.8, 4) is 0 Å². The van der Waals surface area contributed by atoms with Gasteiger partial charge in [-0.3, -0.25) is 14.2 Å². The summed E-state index contributed by atoms with van der Waals surface area (Å²) >= 11 is 1.35. The predicted molar refractivity (Wildman–Crippen MR) is 146 cm³/mol. The Labute approximate surface area is 213 Å². The molecule has 5 nitrogen and oxygen atoms in total. The molecule has 0 unspecified atom stereocenters. The lowest BCUT2D eigenvalue weighted by molar-refractivity contribution is -0.113. The minimum atomic E-state index is -0.573. The molecule has 0 saturated heterocycles. The molecule has 1 N–H and O–H groups in total. The number of amides is 1. The summed E-state index contributed by atoms with van der Waals surface area (Å²) in [5.74, 6) is 0.175. The van der Waals surface area contributed by atoms with Crippen molar-refractivity contribution < 1.29 is 4.79 Å². The lowest BCUT2D eigenvalue weighted by Crippen LogP contribution is -2.40. The van der Waals surface area contributed by atoms with Crippen LogP contribution >= 0.6 is 11.3 Å². The molecule has 1 aliphatic heterocycles. The first-order valence-corrected chi connectivity index (χ1v) is 12.8. The molecule has 4 aromatic rings. The van der Waals surface area contributed by atoms with Crippen LogP contribution in [0.1, 0.15) is 49.4 Å². The summed E-state index contributed by atoms with van der Waals surface area (Å²) in [4.78, 5) is 32.6. The molecule has 0 bridgehead atoms. The Balaban J connectivity index is 1.63. The van der Waals surface area contributed by atoms with Crippen LogP contribution in [0.3, 0.4) is 0 Å². The number of carbonyl (C=O) groups is 1. The zero-order valence-electron chi connectivity index (χ0n) is 20.4. The van der Waals surface area contributed by atoms with E-state index in [1.165, 1.54) is 16.9 Å². The molecule has 180 valence electrons. The van der Waals surface area contributed by atoms with Gasteiger partial charge >= 0.3 is 0 Å². The third kappa shape index (κ3) is 4.60. The average Bonchev–Trinajstić information content (AvgIpc) is 3.18. The lowest BCUT2D eigenvalue weighted by atomic mass is 9.95. The molecule has 0 aliphatic carbocycles. The molecule has 1 aromatic heterocycles. The normalized spacial score (nSPS) is 15.6. The monoisotopic (exact) mass is 493 g/mol. The molecular formula is C30H27N3O2S. The van der Waals surface area contributed by atoms with Crippen LogP contribution in [0.15, 0.2) is 106 Å². The second-order valence-corrected chi connectivity index (χ2v) is 10.1. The highest BCUT2D eigenvalue weighted by atomic mass is 32.1. The molecule has 1 aliphatic rings. The summed E-state index contributed by atoms with van der Waals surface area (Å²) in [7, 11) is 0. The molecule has 1 atom stereocenters. The van der Waals surface area contributed by atoms with E-state index in [2.05, 4.69) is 31.3 Å². The van der Waals surface area contributed by atoms with Crippen molar-refractivity contribution in [2.24, 2.45) is 4.99 Å². The molecule has 2 heterocycles. The summed E-state index contributed by atoms with van der Waals surface area (Å²) < 4.78 is 2.24. The van der Waals surface area contributed by atoms with Gasteiger partial charge in [-0.15, -0.1) is 0 Å². The van der Waals surface area contributed by atoms with Crippen LogP contribution < -0.4 is 20.2 Å². The van der Waals surface area contributed by atoms with Gasteiger partial charge < -0.3 is 5.32 Å². The van der Waals surface area contributed by atoms with E-state index >= 15 is 0 Å². The molecule has 5 rings (SSSR count). The molecule has 0 spiro atoms. The summed E-state index contributed by atoms with van der Waals surface area (Å²) in [6, 6.07) is 26.7. The average molecular weight is 494 g/mol. The van der Waals surface area contributed by atoms with E-state index in [-0.39, 0.29) is 11.5 Å². The van der Waals surface area contributed by atoms with Crippen molar-refractivity contribution in [2.45, 2.75) is 32.7 Å². The number of hydrogen-bond donors (Lipinski definition) is 1. The van der Waals surface area contributed by atoms with Gasteiger partial charge in [0.1, 0.15) is 0 Å². The third-order valence-corrected chi connectivity index (χ3v) is 7.30. The highest BCUT2D eigenvalue weighted by molar-refractivity contribution is 7.07. The van der Waals surface area contributed by atoms with Crippen molar-refractivity contribution >= 4 is 29.0 Å². The summed E-state index contributed by atoms with van der Waals surface area (Å²) in [6.45, 7) is 6.15. The van der Waals surface area contributed by atoms with E-state index in [0.29, 0.717) is 32.2 Å². The van der Waals surface area contributed by atoms with Crippen LogP contribution in [0.2, 0.25) is 0 Å². The Morgan fingerprint density at radius 1 is 0.972 bits per heavy atom. The summed E-state index contributed by atoms with van der Waals surface area (Å²) in [6.07, 6.45) is 1.90. The molecule has 36 heavy (non-hydrogen) atoms. The maximum absolute atomic E-state index is 13.7. The lowest BCUT2D eigenvalue weighted by Gasteiger charge is -2.25. The van der Waals surface area contributed by atoms with Crippen molar-refractivity contribution in [3.05, 3.63) is 133 Å². The number of rotatable bonds is 5. The fourth-order valence-corrected chi connectivity index (χ4v) is 5.46. The van der Waals surface area contributed by atoms with Crippen molar-refractivity contribution in [1.29, 1.82) is 0 Å². The standard InChI is InChI=1S/C30H27N3O2S/c1-19(2)22-16-14-21(15-17-22)18-25-29(35)33-27(23-10-6-4-7-11-23)26(20(3)31-30(33)36-25)28(34)32-24-12-8-5-9-13-24/h4-19,27H,1-3H3,(H,32,34)/b25-18-/t27-/m1/s1.